The number of hydrogen-bond donors (Lipinski definition) is 2. The third kappa shape index (κ3) is 13.9. The van der Waals surface area contributed by atoms with Gasteiger partial charge in [-0.15, -0.1) is 0 Å². The van der Waals surface area contributed by atoms with E-state index in [2.05, 4.69) is 10.6 Å². The highest BCUT2D eigenvalue weighted by atomic mass is 35.5. The molecular formula is C37H50ClN3O6. The van der Waals surface area contributed by atoms with Gasteiger partial charge in [-0.2, -0.15) is 0 Å². The molecule has 0 bridgehead atoms. The van der Waals surface area contributed by atoms with Crippen molar-refractivity contribution < 1.29 is 28.7 Å². The Bertz CT molecular complexity index is 1330. The molecule has 0 heterocycles. The van der Waals surface area contributed by atoms with Gasteiger partial charge in [-0.3, -0.25) is 19.2 Å². The molecule has 2 aromatic carbocycles. The summed E-state index contributed by atoms with van der Waals surface area (Å²) in [5.41, 5.74) is 1.85. The van der Waals surface area contributed by atoms with Crippen LogP contribution in [0.1, 0.15) is 89.2 Å². The highest BCUT2D eigenvalue weighted by molar-refractivity contribution is 6.37. The maximum Gasteiger partial charge on any atom is 0.408 e. The van der Waals surface area contributed by atoms with Crippen molar-refractivity contribution in [3.05, 3.63) is 70.7 Å². The fourth-order valence-electron chi connectivity index (χ4n) is 5.96. The summed E-state index contributed by atoms with van der Waals surface area (Å²) in [5.74, 6) is -2.22. The van der Waals surface area contributed by atoms with Gasteiger partial charge in [0.25, 0.3) is 5.91 Å². The second kappa shape index (κ2) is 19.8. The van der Waals surface area contributed by atoms with E-state index in [9.17, 15) is 24.0 Å². The number of nitrogens with zero attached hydrogens (tertiary/aromatic N) is 1. The van der Waals surface area contributed by atoms with E-state index in [-0.39, 0.29) is 50.0 Å². The summed E-state index contributed by atoms with van der Waals surface area (Å²) in [7, 11) is 1.73. The van der Waals surface area contributed by atoms with Crippen LogP contribution in [-0.2, 0) is 36.9 Å². The fourth-order valence-corrected chi connectivity index (χ4v) is 6.17. The quantitative estimate of drug-likeness (QED) is 0.176. The number of carbonyl (C=O) groups excluding carboxylic acids is 5. The molecule has 0 spiro atoms. The summed E-state index contributed by atoms with van der Waals surface area (Å²) in [6, 6.07) is 15.8. The lowest BCUT2D eigenvalue weighted by atomic mass is 9.83. The van der Waals surface area contributed by atoms with Crippen molar-refractivity contribution in [1.29, 1.82) is 0 Å². The third-order valence-electron chi connectivity index (χ3n) is 8.70. The van der Waals surface area contributed by atoms with E-state index < -0.39 is 29.7 Å². The van der Waals surface area contributed by atoms with E-state index in [4.69, 9.17) is 16.3 Å². The SMILES string of the molecule is CC(C)NC(=O)C(=O)[C@@H](CCC(=O)[C@H](CC1CCCCC1)NC(=O)OCc1cccc(Cl)c1)CCC(=O)N(C)CCc1ccccc1. The molecule has 0 unspecified atom stereocenters. The molecule has 2 atom stereocenters. The van der Waals surface area contributed by atoms with Crippen molar-refractivity contribution in [3.63, 3.8) is 0 Å². The molecule has 2 aromatic rings. The first-order valence-electron chi connectivity index (χ1n) is 16.8. The van der Waals surface area contributed by atoms with Crippen LogP contribution in [0.5, 0.6) is 0 Å². The molecular weight excluding hydrogens is 618 g/mol. The van der Waals surface area contributed by atoms with Crippen LogP contribution >= 0.6 is 11.6 Å². The number of carbonyl (C=O) groups is 5. The van der Waals surface area contributed by atoms with Crippen LogP contribution in [0.4, 0.5) is 4.79 Å². The number of Topliss-reactive ketones (excluding diaryl/α,β-unsaturated/α-hetero) is 2. The monoisotopic (exact) mass is 667 g/mol. The Balaban J connectivity index is 1.63. The predicted octanol–water partition coefficient (Wildman–Crippen LogP) is 6.45. The molecule has 1 fully saturated rings. The maximum absolute atomic E-state index is 13.6. The van der Waals surface area contributed by atoms with Crippen LogP contribution in [0, 0.1) is 11.8 Å². The number of halogens is 1. The topological polar surface area (TPSA) is 122 Å². The van der Waals surface area contributed by atoms with Crippen LogP contribution < -0.4 is 10.6 Å². The molecule has 0 saturated heterocycles. The van der Waals surface area contributed by atoms with Gasteiger partial charge >= 0.3 is 6.09 Å². The minimum absolute atomic E-state index is 0.00605. The highest BCUT2D eigenvalue weighted by Gasteiger charge is 2.31. The van der Waals surface area contributed by atoms with Crippen LogP contribution in [0.25, 0.3) is 0 Å². The molecule has 9 nitrogen and oxygen atoms in total. The van der Waals surface area contributed by atoms with Gasteiger partial charge in [-0.25, -0.2) is 4.79 Å². The van der Waals surface area contributed by atoms with E-state index in [1.165, 1.54) is 0 Å². The van der Waals surface area contributed by atoms with E-state index in [0.29, 0.717) is 30.3 Å². The lowest BCUT2D eigenvalue weighted by molar-refractivity contribution is -0.141. The molecule has 1 aliphatic carbocycles. The number of benzene rings is 2. The Hall–Kier alpha value is -3.72. The zero-order chi connectivity index (χ0) is 34.2. The second-order valence-corrected chi connectivity index (χ2v) is 13.4. The van der Waals surface area contributed by atoms with E-state index in [1.54, 1.807) is 50.1 Å². The fraction of sp³-hybridized carbons (Fsp3) is 0.541. The van der Waals surface area contributed by atoms with Crippen molar-refractivity contribution in [1.82, 2.24) is 15.5 Å². The molecule has 1 aliphatic rings. The van der Waals surface area contributed by atoms with Crippen molar-refractivity contribution in [2.45, 2.75) is 103 Å². The summed E-state index contributed by atoms with van der Waals surface area (Å²) in [6.07, 6.45) is 6.09. The Morgan fingerprint density at radius 3 is 2.26 bits per heavy atom. The van der Waals surface area contributed by atoms with Gasteiger partial charge in [0.15, 0.2) is 5.78 Å². The number of likely N-dealkylation sites (N-methyl/N-ethyl adjacent to an activating group) is 1. The minimum Gasteiger partial charge on any atom is -0.445 e. The number of amides is 3. The number of rotatable bonds is 18. The molecule has 0 aliphatic heterocycles. The van der Waals surface area contributed by atoms with Gasteiger partial charge in [-0.1, -0.05) is 86.2 Å². The van der Waals surface area contributed by atoms with Crippen molar-refractivity contribution in [2.24, 2.45) is 11.8 Å². The molecule has 10 heteroatoms. The smallest absolute Gasteiger partial charge is 0.408 e. The lowest BCUT2D eigenvalue weighted by Gasteiger charge is -2.27. The average Bonchev–Trinajstić information content (AvgIpc) is 3.06. The maximum atomic E-state index is 13.6. The Kier molecular flexibility index (Phi) is 15.9. The third-order valence-corrected chi connectivity index (χ3v) is 8.93. The standard InChI is InChI=1S/C37H50ClN3O6/c1-26(2)39-36(45)35(44)30(18-20-34(43)41(3)22-21-27-11-6-4-7-12-27)17-19-33(42)32(24-28-13-8-5-9-14-28)40-37(46)47-25-29-15-10-16-31(38)23-29/h4,6-7,10-12,15-16,23,26,28,30,32H,5,8-9,13-14,17-22,24-25H2,1-3H3,(H,39,45)(H,40,46)/t30-,32-/m0/s1. The number of hydrogen-bond acceptors (Lipinski definition) is 6. The highest BCUT2D eigenvalue weighted by Crippen LogP contribution is 2.28. The largest absolute Gasteiger partial charge is 0.445 e. The number of ketones is 2. The Labute approximate surface area is 284 Å². The molecule has 0 aromatic heterocycles. The zero-order valence-corrected chi connectivity index (χ0v) is 28.7. The first-order chi connectivity index (χ1) is 22.5. The minimum atomic E-state index is -0.811. The van der Waals surface area contributed by atoms with Crippen LogP contribution in [-0.4, -0.2) is 60.1 Å². The van der Waals surface area contributed by atoms with Gasteiger partial charge in [0.05, 0.1) is 6.04 Å². The lowest BCUT2D eigenvalue weighted by Crippen LogP contribution is -2.43. The van der Waals surface area contributed by atoms with E-state index >= 15 is 0 Å². The van der Waals surface area contributed by atoms with Crippen molar-refractivity contribution in [2.75, 3.05) is 13.6 Å². The van der Waals surface area contributed by atoms with Gasteiger partial charge in [0.2, 0.25) is 11.7 Å². The Morgan fingerprint density at radius 1 is 0.894 bits per heavy atom. The number of alkyl carbamates (subject to hydrolysis) is 1. The molecule has 3 amide bonds. The van der Waals surface area contributed by atoms with Crippen LogP contribution in [0.2, 0.25) is 5.02 Å². The summed E-state index contributed by atoms with van der Waals surface area (Å²) in [6.45, 7) is 4.06. The van der Waals surface area contributed by atoms with E-state index in [0.717, 1.165) is 43.2 Å². The van der Waals surface area contributed by atoms with Crippen molar-refractivity contribution in [3.8, 4) is 0 Å². The summed E-state index contributed by atoms with van der Waals surface area (Å²) in [5, 5.41) is 5.95. The van der Waals surface area contributed by atoms with Gasteiger partial charge < -0.3 is 20.3 Å². The van der Waals surface area contributed by atoms with Gasteiger partial charge in [-0.05, 0) is 68.7 Å². The van der Waals surface area contributed by atoms with Gasteiger partial charge in [0.1, 0.15) is 6.61 Å². The predicted molar refractivity (Wildman–Crippen MR) is 183 cm³/mol. The average molecular weight is 668 g/mol. The Morgan fingerprint density at radius 2 is 1.57 bits per heavy atom. The first kappa shape index (κ1) is 37.7. The first-order valence-corrected chi connectivity index (χ1v) is 17.2. The molecule has 1 saturated carbocycles. The van der Waals surface area contributed by atoms with Crippen molar-refractivity contribution >= 4 is 41.1 Å². The van der Waals surface area contributed by atoms with E-state index in [1.807, 2.05) is 30.3 Å². The molecule has 2 N–H and O–H groups in total. The van der Waals surface area contributed by atoms with Crippen LogP contribution in [0.3, 0.4) is 0 Å². The zero-order valence-electron chi connectivity index (χ0n) is 28.0. The normalized spacial score (nSPS) is 14.6. The van der Waals surface area contributed by atoms with Gasteiger partial charge in [0, 0.05) is 43.4 Å². The second-order valence-electron chi connectivity index (χ2n) is 12.9. The summed E-state index contributed by atoms with van der Waals surface area (Å²) < 4.78 is 5.41. The molecule has 0 radical (unpaired) electrons. The molecule has 3 rings (SSSR count). The number of nitrogens with one attached hydrogen (secondary N) is 2. The molecule has 256 valence electrons. The summed E-state index contributed by atoms with van der Waals surface area (Å²) >= 11 is 6.04. The summed E-state index contributed by atoms with van der Waals surface area (Å²) in [4.78, 5) is 67.0. The van der Waals surface area contributed by atoms with Crippen LogP contribution in [0.15, 0.2) is 54.6 Å². The number of ether oxygens (including phenoxy) is 1. The molecule has 47 heavy (non-hydrogen) atoms.